The Hall–Kier alpha value is -1.71. The molecule has 0 fully saturated rings. The summed E-state index contributed by atoms with van der Waals surface area (Å²) in [5.41, 5.74) is 0.923. The number of nitrogens with zero attached hydrogens (tertiary/aromatic N) is 3. The van der Waals surface area contributed by atoms with Crippen molar-refractivity contribution in [3.63, 3.8) is 0 Å². The van der Waals surface area contributed by atoms with Gasteiger partial charge in [0.15, 0.2) is 5.82 Å². The maximum atomic E-state index is 12.0. The quantitative estimate of drug-likeness (QED) is 0.738. The molecule has 0 aliphatic carbocycles. The second-order valence-corrected chi connectivity index (χ2v) is 8.16. The average molecular weight is 341 g/mol. The summed E-state index contributed by atoms with van der Waals surface area (Å²) in [6.45, 7) is 2.57. The Balaban J connectivity index is 1.86. The minimum Gasteiger partial charge on any atom is -0.376 e. The highest BCUT2D eigenvalue weighted by atomic mass is 32.2. The SMILES string of the molecule is Cc1ccc(S(=O)(=O)NCCNc2cc(N(C)C)cnn2)s1. The molecule has 0 spiro atoms. The summed E-state index contributed by atoms with van der Waals surface area (Å²) in [5.74, 6) is 0.609. The van der Waals surface area contributed by atoms with Crippen LogP contribution in [0.1, 0.15) is 4.88 Å². The summed E-state index contributed by atoms with van der Waals surface area (Å²) in [7, 11) is 0.398. The van der Waals surface area contributed by atoms with Crippen LogP contribution in [0.15, 0.2) is 28.6 Å². The Labute approximate surface area is 134 Å². The zero-order chi connectivity index (χ0) is 16.2. The molecule has 0 aliphatic rings. The Morgan fingerprint density at radius 1 is 1.27 bits per heavy atom. The van der Waals surface area contributed by atoms with E-state index in [1.165, 1.54) is 11.3 Å². The number of anilines is 2. The van der Waals surface area contributed by atoms with E-state index < -0.39 is 10.0 Å². The normalized spacial score (nSPS) is 11.4. The predicted molar refractivity (Wildman–Crippen MR) is 89.1 cm³/mol. The monoisotopic (exact) mass is 341 g/mol. The first-order valence-electron chi connectivity index (χ1n) is 6.68. The molecule has 2 N–H and O–H groups in total. The van der Waals surface area contributed by atoms with Crippen molar-refractivity contribution >= 4 is 32.9 Å². The van der Waals surface area contributed by atoms with Gasteiger partial charge in [0.2, 0.25) is 10.0 Å². The molecule has 0 unspecified atom stereocenters. The molecule has 9 heteroatoms. The summed E-state index contributed by atoms with van der Waals surface area (Å²) >= 11 is 1.26. The summed E-state index contributed by atoms with van der Waals surface area (Å²) in [6.07, 6.45) is 1.66. The van der Waals surface area contributed by atoms with E-state index >= 15 is 0 Å². The molecule has 2 rings (SSSR count). The van der Waals surface area contributed by atoms with Crippen LogP contribution >= 0.6 is 11.3 Å². The van der Waals surface area contributed by atoms with Gasteiger partial charge in [-0.15, -0.1) is 16.4 Å². The zero-order valence-corrected chi connectivity index (χ0v) is 14.3. The number of rotatable bonds is 7. The highest BCUT2D eigenvalue weighted by Crippen LogP contribution is 2.20. The fourth-order valence-corrected chi connectivity index (χ4v) is 4.05. The van der Waals surface area contributed by atoms with Gasteiger partial charge < -0.3 is 10.2 Å². The maximum Gasteiger partial charge on any atom is 0.250 e. The number of hydrogen-bond acceptors (Lipinski definition) is 7. The van der Waals surface area contributed by atoms with Crippen LogP contribution in [0.4, 0.5) is 11.5 Å². The molecule has 0 aliphatic heterocycles. The standard InChI is InChI=1S/C13H19N5O2S2/c1-10-4-5-13(21-10)22(19,20)16-7-6-14-12-8-11(18(2)3)9-15-17-12/h4-5,8-9,16H,6-7H2,1-3H3,(H,14,17). The van der Waals surface area contributed by atoms with E-state index in [1.54, 1.807) is 18.3 Å². The third-order valence-corrected chi connectivity index (χ3v) is 5.81. The van der Waals surface area contributed by atoms with Crippen LogP contribution in [0, 0.1) is 6.92 Å². The van der Waals surface area contributed by atoms with Gasteiger partial charge in [0, 0.05) is 38.1 Å². The lowest BCUT2D eigenvalue weighted by atomic mass is 10.4. The molecule has 0 saturated heterocycles. The predicted octanol–water partition coefficient (Wildman–Crippen LogP) is 1.30. The van der Waals surface area contributed by atoms with E-state index in [-0.39, 0.29) is 6.54 Å². The fraction of sp³-hybridized carbons (Fsp3) is 0.385. The number of sulfonamides is 1. The second-order valence-electron chi connectivity index (χ2n) is 4.88. The van der Waals surface area contributed by atoms with Crippen molar-refractivity contribution in [3.05, 3.63) is 29.3 Å². The van der Waals surface area contributed by atoms with Crippen molar-refractivity contribution < 1.29 is 8.42 Å². The second kappa shape index (κ2) is 7.03. The third-order valence-electron chi connectivity index (χ3n) is 2.86. The highest BCUT2D eigenvalue weighted by Gasteiger charge is 2.15. The van der Waals surface area contributed by atoms with Gasteiger partial charge in [-0.25, -0.2) is 13.1 Å². The molecular weight excluding hydrogens is 322 g/mol. The summed E-state index contributed by atoms with van der Waals surface area (Å²) in [4.78, 5) is 2.89. The molecule has 0 radical (unpaired) electrons. The molecule has 2 aromatic rings. The van der Waals surface area contributed by atoms with Gasteiger partial charge >= 0.3 is 0 Å². The molecule has 0 atom stereocenters. The first-order chi connectivity index (χ1) is 10.4. The van der Waals surface area contributed by atoms with E-state index in [9.17, 15) is 8.42 Å². The molecule has 2 aromatic heterocycles. The van der Waals surface area contributed by atoms with Crippen LogP contribution in [0.5, 0.6) is 0 Å². The van der Waals surface area contributed by atoms with Gasteiger partial charge in [0.05, 0.1) is 11.9 Å². The van der Waals surface area contributed by atoms with Crippen molar-refractivity contribution in [2.45, 2.75) is 11.1 Å². The van der Waals surface area contributed by atoms with E-state index in [4.69, 9.17) is 0 Å². The molecule has 0 aromatic carbocycles. The number of nitrogens with one attached hydrogen (secondary N) is 2. The van der Waals surface area contributed by atoms with E-state index in [1.807, 2.05) is 32.0 Å². The largest absolute Gasteiger partial charge is 0.376 e. The van der Waals surface area contributed by atoms with Gasteiger partial charge in [-0.2, -0.15) is 5.10 Å². The van der Waals surface area contributed by atoms with Crippen LogP contribution in [-0.2, 0) is 10.0 Å². The van der Waals surface area contributed by atoms with E-state index in [0.717, 1.165) is 10.6 Å². The summed E-state index contributed by atoms with van der Waals surface area (Å²) in [6, 6.07) is 5.26. The van der Waals surface area contributed by atoms with Crippen LogP contribution in [0.2, 0.25) is 0 Å². The van der Waals surface area contributed by atoms with Gasteiger partial charge in [-0.05, 0) is 19.1 Å². The zero-order valence-electron chi connectivity index (χ0n) is 12.7. The number of thiophene rings is 1. The number of aryl methyl sites for hydroxylation is 1. The van der Waals surface area contributed by atoms with Crippen LogP contribution < -0.4 is 14.9 Å². The van der Waals surface area contributed by atoms with Crippen molar-refractivity contribution in [2.75, 3.05) is 37.4 Å². The van der Waals surface area contributed by atoms with Gasteiger partial charge in [-0.3, -0.25) is 0 Å². The van der Waals surface area contributed by atoms with E-state index in [0.29, 0.717) is 16.6 Å². The average Bonchev–Trinajstić information content (AvgIpc) is 2.91. The van der Waals surface area contributed by atoms with Crippen molar-refractivity contribution in [1.29, 1.82) is 0 Å². The Kier molecular flexibility index (Phi) is 5.33. The molecule has 7 nitrogen and oxygen atoms in total. The minimum atomic E-state index is -3.43. The van der Waals surface area contributed by atoms with Crippen molar-refractivity contribution in [3.8, 4) is 0 Å². The van der Waals surface area contributed by atoms with E-state index in [2.05, 4.69) is 20.2 Å². The topological polar surface area (TPSA) is 87.2 Å². The highest BCUT2D eigenvalue weighted by molar-refractivity contribution is 7.91. The number of aromatic nitrogens is 2. The first-order valence-corrected chi connectivity index (χ1v) is 8.98. The van der Waals surface area contributed by atoms with Crippen molar-refractivity contribution in [1.82, 2.24) is 14.9 Å². The Morgan fingerprint density at radius 2 is 2.05 bits per heavy atom. The minimum absolute atomic E-state index is 0.271. The molecule has 22 heavy (non-hydrogen) atoms. The third kappa shape index (κ3) is 4.39. The molecule has 0 saturated carbocycles. The lowest BCUT2D eigenvalue weighted by molar-refractivity contribution is 0.585. The van der Waals surface area contributed by atoms with Crippen LogP contribution in [0.25, 0.3) is 0 Å². The lowest BCUT2D eigenvalue weighted by Gasteiger charge is -2.12. The molecule has 0 amide bonds. The molecule has 120 valence electrons. The molecule has 0 bridgehead atoms. The smallest absolute Gasteiger partial charge is 0.250 e. The fourth-order valence-electron chi connectivity index (χ4n) is 1.69. The summed E-state index contributed by atoms with van der Waals surface area (Å²) < 4.78 is 27.0. The van der Waals surface area contributed by atoms with Crippen LogP contribution in [-0.4, -0.2) is 45.8 Å². The molecule has 2 heterocycles. The van der Waals surface area contributed by atoms with Crippen molar-refractivity contribution in [2.24, 2.45) is 0 Å². The Morgan fingerprint density at radius 3 is 2.68 bits per heavy atom. The summed E-state index contributed by atoms with van der Waals surface area (Å²) in [5, 5.41) is 10.9. The lowest BCUT2D eigenvalue weighted by Crippen LogP contribution is -2.28. The Bertz CT molecular complexity index is 728. The number of hydrogen-bond donors (Lipinski definition) is 2. The van der Waals surface area contributed by atoms with Gasteiger partial charge in [-0.1, -0.05) is 0 Å². The maximum absolute atomic E-state index is 12.0. The van der Waals surface area contributed by atoms with Crippen LogP contribution in [0.3, 0.4) is 0 Å². The first kappa shape index (κ1) is 16.7. The molecular formula is C13H19N5O2S2. The van der Waals surface area contributed by atoms with Gasteiger partial charge in [0.25, 0.3) is 0 Å². The van der Waals surface area contributed by atoms with Gasteiger partial charge in [0.1, 0.15) is 4.21 Å².